The van der Waals surface area contributed by atoms with E-state index in [0.717, 1.165) is 19.5 Å². The Kier molecular flexibility index (Phi) is 4.21. The molecule has 2 N–H and O–H groups in total. The van der Waals surface area contributed by atoms with Gasteiger partial charge >= 0.3 is 0 Å². The number of piperidine rings is 1. The molecule has 0 aromatic carbocycles. The second-order valence-electron chi connectivity index (χ2n) is 4.93. The zero-order chi connectivity index (χ0) is 10.5. The fourth-order valence-corrected chi connectivity index (χ4v) is 2.76. The van der Waals surface area contributed by atoms with Crippen molar-refractivity contribution in [3.63, 3.8) is 0 Å². The fourth-order valence-electron chi connectivity index (χ4n) is 2.76. The Morgan fingerprint density at radius 1 is 1.27 bits per heavy atom. The Labute approximate surface area is 92.8 Å². The number of aliphatic hydroxyl groups is 1. The molecule has 86 valence electrons. The third kappa shape index (κ3) is 3.05. The molecule has 2 nitrogen and oxygen atoms in total. The van der Waals surface area contributed by atoms with Crippen molar-refractivity contribution in [3.05, 3.63) is 11.6 Å². The van der Waals surface area contributed by atoms with Gasteiger partial charge in [-0.15, -0.1) is 0 Å². The summed E-state index contributed by atoms with van der Waals surface area (Å²) in [6.07, 6.45) is 10.7. The normalized spacial score (nSPS) is 30.5. The van der Waals surface area contributed by atoms with Gasteiger partial charge in [-0.2, -0.15) is 0 Å². The predicted molar refractivity (Wildman–Crippen MR) is 62.8 cm³/mol. The highest BCUT2D eigenvalue weighted by Crippen LogP contribution is 2.26. The second-order valence-corrected chi connectivity index (χ2v) is 4.93. The van der Waals surface area contributed by atoms with Gasteiger partial charge in [0.2, 0.25) is 0 Å². The van der Waals surface area contributed by atoms with Gasteiger partial charge in [0.25, 0.3) is 0 Å². The number of hydrogen-bond donors (Lipinski definition) is 2. The van der Waals surface area contributed by atoms with Crippen LogP contribution in [0.2, 0.25) is 0 Å². The van der Waals surface area contributed by atoms with Crippen LogP contribution in [0.1, 0.15) is 44.9 Å². The van der Waals surface area contributed by atoms with Crippen LogP contribution in [-0.4, -0.2) is 24.3 Å². The maximum Gasteiger partial charge on any atom is 0.0790 e. The highest BCUT2D eigenvalue weighted by molar-refractivity contribution is 5.11. The van der Waals surface area contributed by atoms with Crippen LogP contribution in [0.3, 0.4) is 0 Å². The van der Waals surface area contributed by atoms with E-state index in [1.54, 1.807) is 0 Å². The molecule has 1 saturated heterocycles. The SMILES string of the molecule is OC(C1=CCCCCC1)C1CCCNC1. The number of allylic oxidation sites excluding steroid dienone is 1. The first-order valence-electron chi connectivity index (χ1n) is 6.45. The van der Waals surface area contributed by atoms with E-state index in [0.29, 0.717) is 5.92 Å². The van der Waals surface area contributed by atoms with Crippen LogP contribution < -0.4 is 5.32 Å². The summed E-state index contributed by atoms with van der Waals surface area (Å²) in [6.45, 7) is 2.13. The smallest absolute Gasteiger partial charge is 0.0790 e. The first kappa shape index (κ1) is 11.2. The lowest BCUT2D eigenvalue weighted by Gasteiger charge is -2.28. The van der Waals surface area contributed by atoms with Crippen molar-refractivity contribution in [2.75, 3.05) is 13.1 Å². The number of aliphatic hydroxyl groups excluding tert-OH is 1. The molecule has 0 amide bonds. The van der Waals surface area contributed by atoms with Gasteiger partial charge in [0.15, 0.2) is 0 Å². The third-order valence-electron chi connectivity index (χ3n) is 3.74. The van der Waals surface area contributed by atoms with Crippen LogP contribution in [0.15, 0.2) is 11.6 Å². The minimum atomic E-state index is -0.170. The Bertz CT molecular complexity index is 219. The van der Waals surface area contributed by atoms with E-state index in [2.05, 4.69) is 11.4 Å². The van der Waals surface area contributed by atoms with Crippen molar-refractivity contribution in [2.24, 2.45) is 5.92 Å². The molecule has 0 spiro atoms. The third-order valence-corrected chi connectivity index (χ3v) is 3.74. The molecule has 2 unspecified atom stereocenters. The topological polar surface area (TPSA) is 32.3 Å². The van der Waals surface area contributed by atoms with Gasteiger partial charge in [0, 0.05) is 12.5 Å². The molecular formula is C13H23NO. The van der Waals surface area contributed by atoms with Crippen LogP contribution in [0.4, 0.5) is 0 Å². The van der Waals surface area contributed by atoms with E-state index in [-0.39, 0.29) is 6.10 Å². The fraction of sp³-hybridized carbons (Fsp3) is 0.846. The van der Waals surface area contributed by atoms with Crippen molar-refractivity contribution in [1.29, 1.82) is 0 Å². The predicted octanol–water partition coefficient (Wildman–Crippen LogP) is 2.24. The maximum atomic E-state index is 10.3. The van der Waals surface area contributed by atoms with Crippen LogP contribution >= 0.6 is 0 Å². The molecule has 1 aliphatic carbocycles. The zero-order valence-corrected chi connectivity index (χ0v) is 9.54. The molecule has 2 aliphatic rings. The van der Waals surface area contributed by atoms with E-state index in [1.165, 1.54) is 44.1 Å². The van der Waals surface area contributed by atoms with Gasteiger partial charge < -0.3 is 10.4 Å². The minimum Gasteiger partial charge on any atom is -0.388 e. The molecule has 2 rings (SSSR count). The van der Waals surface area contributed by atoms with Gasteiger partial charge in [-0.05, 0) is 50.6 Å². The molecule has 15 heavy (non-hydrogen) atoms. The minimum absolute atomic E-state index is 0.170. The van der Waals surface area contributed by atoms with Crippen LogP contribution in [0.25, 0.3) is 0 Å². The highest BCUT2D eigenvalue weighted by atomic mass is 16.3. The number of rotatable bonds is 2. The molecule has 1 fully saturated rings. The van der Waals surface area contributed by atoms with Crippen molar-refractivity contribution in [2.45, 2.75) is 51.0 Å². The summed E-state index contributed by atoms with van der Waals surface area (Å²) < 4.78 is 0. The molecule has 1 heterocycles. The van der Waals surface area contributed by atoms with Gasteiger partial charge in [-0.3, -0.25) is 0 Å². The molecule has 0 aromatic heterocycles. The summed E-state index contributed by atoms with van der Waals surface area (Å²) in [5, 5.41) is 13.7. The number of hydrogen-bond acceptors (Lipinski definition) is 2. The van der Waals surface area contributed by atoms with Crippen molar-refractivity contribution >= 4 is 0 Å². The van der Waals surface area contributed by atoms with Crippen LogP contribution in [0.5, 0.6) is 0 Å². The Morgan fingerprint density at radius 2 is 2.20 bits per heavy atom. The standard InChI is InChI=1S/C13H23NO/c15-13(12-8-5-9-14-10-12)11-6-3-1-2-4-7-11/h6,12-15H,1-5,7-10H2. The second kappa shape index (κ2) is 5.66. The van der Waals surface area contributed by atoms with E-state index in [1.807, 2.05) is 0 Å². The molecule has 0 radical (unpaired) electrons. The Balaban J connectivity index is 1.92. The summed E-state index contributed by atoms with van der Waals surface area (Å²) >= 11 is 0. The Hall–Kier alpha value is -0.340. The zero-order valence-electron chi connectivity index (χ0n) is 9.54. The first-order chi connectivity index (χ1) is 7.38. The average Bonchev–Trinajstić information content (AvgIpc) is 2.58. The van der Waals surface area contributed by atoms with Crippen molar-refractivity contribution in [3.8, 4) is 0 Å². The summed E-state index contributed by atoms with van der Waals surface area (Å²) in [7, 11) is 0. The molecule has 0 bridgehead atoms. The molecule has 1 aliphatic heterocycles. The number of nitrogens with one attached hydrogen (secondary N) is 1. The Morgan fingerprint density at radius 3 is 3.00 bits per heavy atom. The molecular weight excluding hydrogens is 186 g/mol. The summed E-state index contributed by atoms with van der Waals surface area (Å²) in [5.41, 5.74) is 1.32. The monoisotopic (exact) mass is 209 g/mol. The summed E-state index contributed by atoms with van der Waals surface area (Å²) in [5.74, 6) is 0.461. The first-order valence-corrected chi connectivity index (χ1v) is 6.45. The van der Waals surface area contributed by atoms with Crippen molar-refractivity contribution in [1.82, 2.24) is 5.32 Å². The van der Waals surface area contributed by atoms with E-state index in [4.69, 9.17) is 0 Å². The van der Waals surface area contributed by atoms with Gasteiger partial charge in [-0.1, -0.05) is 12.5 Å². The molecule has 2 heteroatoms. The van der Waals surface area contributed by atoms with Gasteiger partial charge in [0.05, 0.1) is 6.10 Å². The van der Waals surface area contributed by atoms with Gasteiger partial charge in [0.1, 0.15) is 0 Å². The van der Waals surface area contributed by atoms with Crippen LogP contribution in [-0.2, 0) is 0 Å². The van der Waals surface area contributed by atoms with Gasteiger partial charge in [-0.25, -0.2) is 0 Å². The molecule has 0 saturated carbocycles. The van der Waals surface area contributed by atoms with E-state index >= 15 is 0 Å². The quantitative estimate of drug-likeness (QED) is 0.684. The van der Waals surface area contributed by atoms with Crippen LogP contribution in [0, 0.1) is 5.92 Å². The maximum absolute atomic E-state index is 10.3. The molecule has 0 aromatic rings. The molecule has 2 atom stereocenters. The lowest BCUT2D eigenvalue weighted by Crippen LogP contribution is -2.37. The van der Waals surface area contributed by atoms with E-state index < -0.39 is 0 Å². The largest absolute Gasteiger partial charge is 0.388 e. The summed E-state index contributed by atoms with van der Waals surface area (Å²) in [6, 6.07) is 0. The lowest BCUT2D eigenvalue weighted by molar-refractivity contribution is 0.119. The summed E-state index contributed by atoms with van der Waals surface area (Å²) in [4.78, 5) is 0. The lowest BCUT2D eigenvalue weighted by atomic mass is 9.87. The average molecular weight is 209 g/mol. The highest BCUT2D eigenvalue weighted by Gasteiger charge is 2.24. The van der Waals surface area contributed by atoms with E-state index in [9.17, 15) is 5.11 Å². The van der Waals surface area contributed by atoms with Crippen molar-refractivity contribution < 1.29 is 5.11 Å².